The van der Waals surface area contributed by atoms with Gasteiger partial charge in [-0.1, -0.05) is 36.8 Å². The summed E-state index contributed by atoms with van der Waals surface area (Å²) in [7, 11) is 0. The van der Waals surface area contributed by atoms with Crippen molar-refractivity contribution in [2.75, 3.05) is 17.7 Å². The van der Waals surface area contributed by atoms with E-state index >= 15 is 0 Å². The van der Waals surface area contributed by atoms with E-state index in [4.69, 9.17) is 4.74 Å². The van der Waals surface area contributed by atoms with Crippen LogP contribution in [0.5, 0.6) is 0 Å². The van der Waals surface area contributed by atoms with E-state index in [1.807, 2.05) is 30.3 Å². The maximum absolute atomic E-state index is 12.8. The molecule has 1 aliphatic rings. The van der Waals surface area contributed by atoms with Crippen molar-refractivity contribution in [3.05, 3.63) is 51.9 Å². The number of aryl methyl sites for hydroxylation is 1. The van der Waals surface area contributed by atoms with Crippen molar-refractivity contribution >= 4 is 46.0 Å². The minimum absolute atomic E-state index is 0.155. The Morgan fingerprint density at radius 1 is 1.10 bits per heavy atom. The molecule has 160 valence electrons. The second-order valence-electron chi connectivity index (χ2n) is 6.97. The van der Waals surface area contributed by atoms with Gasteiger partial charge in [-0.05, 0) is 43.7 Å². The van der Waals surface area contributed by atoms with Crippen LogP contribution in [-0.2, 0) is 28.1 Å². The van der Waals surface area contributed by atoms with Crippen LogP contribution in [0.2, 0.25) is 0 Å². The van der Waals surface area contributed by atoms with Crippen LogP contribution in [-0.4, -0.2) is 30.3 Å². The Morgan fingerprint density at radius 2 is 1.87 bits per heavy atom. The zero-order valence-electron chi connectivity index (χ0n) is 17.0. The molecule has 0 fully saturated rings. The molecule has 1 aliphatic carbocycles. The molecule has 1 aromatic heterocycles. The van der Waals surface area contributed by atoms with Crippen LogP contribution in [0.1, 0.15) is 52.5 Å². The van der Waals surface area contributed by atoms with Gasteiger partial charge < -0.3 is 10.1 Å². The molecule has 0 unspecified atom stereocenters. The smallest absolute Gasteiger partial charge is 0.414 e. The van der Waals surface area contributed by atoms with Gasteiger partial charge in [-0.15, -0.1) is 23.1 Å². The van der Waals surface area contributed by atoms with Gasteiger partial charge in [0.1, 0.15) is 5.00 Å². The van der Waals surface area contributed by atoms with Crippen LogP contribution in [0.3, 0.4) is 0 Å². The first-order valence-electron chi connectivity index (χ1n) is 10.1. The van der Waals surface area contributed by atoms with Gasteiger partial charge in [0.2, 0.25) is 5.91 Å². The first kappa shape index (κ1) is 22.4. The summed E-state index contributed by atoms with van der Waals surface area (Å²) in [6.07, 6.45) is 4.05. The number of alkyl carbamates (subject to hydrolysis) is 1. The van der Waals surface area contributed by atoms with Crippen molar-refractivity contribution in [2.24, 2.45) is 0 Å². The van der Waals surface area contributed by atoms with E-state index in [9.17, 15) is 14.4 Å². The third kappa shape index (κ3) is 6.09. The van der Waals surface area contributed by atoms with Crippen molar-refractivity contribution in [3.8, 4) is 0 Å². The van der Waals surface area contributed by atoms with Crippen LogP contribution in [0.15, 0.2) is 30.3 Å². The van der Waals surface area contributed by atoms with Crippen molar-refractivity contribution in [1.82, 2.24) is 5.32 Å². The molecule has 2 N–H and O–H groups in total. The number of imide groups is 1. The van der Waals surface area contributed by atoms with E-state index in [2.05, 4.69) is 10.6 Å². The highest BCUT2D eigenvalue weighted by Crippen LogP contribution is 2.37. The second kappa shape index (κ2) is 11.2. The largest absolute Gasteiger partial charge is 0.450 e. The van der Waals surface area contributed by atoms with E-state index in [1.165, 1.54) is 23.1 Å². The monoisotopic (exact) mass is 446 g/mol. The second-order valence-corrected chi connectivity index (χ2v) is 9.06. The highest BCUT2D eigenvalue weighted by molar-refractivity contribution is 7.99. The predicted octanol–water partition coefficient (Wildman–Crippen LogP) is 4.78. The van der Waals surface area contributed by atoms with Gasteiger partial charge in [-0.3, -0.25) is 14.9 Å². The molecule has 1 heterocycles. The lowest BCUT2D eigenvalue weighted by molar-refractivity contribution is -0.113. The summed E-state index contributed by atoms with van der Waals surface area (Å²) in [5.74, 6) is 0.361. The first-order chi connectivity index (χ1) is 14.6. The Balaban J connectivity index is 1.70. The van der Waals surface area contributed by atoms with E-state index in [1.54, 1.807) is 6.92 Å². The summed E-state index contributed by atoms with van der Waals surface area (Å²) >= 11 is 2.97. The number of amides is 3. The lowest BCUT2D eigenvalue weighted by atomic mass is 10.0. The summed E-state index contributed by atoms with van der Waals surface area (Å²) < 4.78 is 4.84. The Morgan fingerprint density at radius 3 is 2.63 bits per heavy atom. The number of anilines is 1. The molecule has 0 atom stereocenters. The molecule has 3 amide bonds. The zero-order valence-corrected chi connectivity index (χ0v) is 18.6. The van der Waals surface area contributed by atoms with Gasteiger partial charge >= 0.3 is 6.09 Å². The maximum Gasteiger partial charge on any atom is 0.414 e. The van der Waals surface area contributed by atoms with Gasteiger partial charge in [0.25, 0.3) is 5.91 Å². The molecule has 1 aromatic carbocycles. The summed E-state index contributed by atoms with van der Waals surface area (Å²) in [6, 6.07) is 9.97. The lowest BCUT2D eigenvalue weighted by Gasteiger charge is -2.09. The highest BCUT2D eigenvalue weighted by atomic mass is 32.2. The Hall–Kier alpha value is -2.32. The van der Waals surface area contributed by atoms with Gasteiger partial charge in [0.05, 0.1) is 17.9 Å². The van der Waals surface area contributed by atoms with Crippen LogP contribution in [0.4, 0.5) is 9.80 Å². The number of benzene rings is 1. The highest BCUT2D eigenvalue weighted by Gasteiger charge is 2.27. The third-order valence-electron chi connectivity index (χ3n) is 4.74. The van der Waals surface area contributed by atoms with Gasteiger partial charge in [-0.2, -0.15) is 0 Å². The molecule has 0 radical (unpaired) electrons. The predicted molar refractivity (Wildman–Crippen MR) is 121 cm³/mol. The minimum atomic E-state index is -0.772. The molecule has 3 rings (SSSR count). The molecule has 0 saturated carbocycles. The Labute approximate surface area is 184 Å². The van der Waals surface area contributed by atoms with Crippen LogP contribution >= 0.6 is 23.1 Å². The fourth-order valence-corrected chi connectivity index (χ4v) is 5.48. The van der Waals surface area contributed by atoms with Crippen molar-refractivity contribution < 1.29 is 19.1 Å². The summed E-state index contributed by atoms with van der Waals surface area (Å²) in [5, 5.41) is 5.71. The van der Waals surface area contributed by atoms with Crippen LogP contribution < -0.4 is 10.6 Å². The fourth-order valence-electron chi connectivity index (χ4n) is 3.39. The number of carbonyl (C=O) groups excluding carboxylic acids is 3. The van der Waals surface area contributed by atoms with Gasteiger partial charge in [0.15, 0.2) is 0 Å². The number of rotatable bonds is 7. The molecule has 6 nitrogen and oxygen atoms in total. The number of fused-ring (bicyclic) bond motifs is 1. The average Bonchev–Trinajstić information content (AvgIpc) is 2.89. The van der Waals surface area contributed by atoms with E-state index < -0.39 is 12.0 Å². The number of ether oxygens (including phenoxy) is 1. The normalized spacial score (nSPS) is 13.1. The molecule has 30 heavy (non-hydrogen) atoms. The van der Waals surface area contributed by atoms with Crippen molar-refractivity contribution in [1.29, 1.82) is 0 Å². The minimum Gasteiger partial charge on any atom is -0.450 e. The maximum atomic E-state index is 12.8. The number of nitrogens with one attached hydrogen (secondary N) is 2. The van der Waals surface area contributed by atoms with Crippen LogP contribution in [0, 0.1) is 0 Å². The summed E-state index contributed by atoms with van der Waals surface area (Å²) in [4.78, 5) is 38.2. The molecule has 8 heteroatoms. The van der Waals surface area contributed by atoms with Crippen LogP contribution in [0.25, 0.3) is 0 Å². The molecule has 0 bridgehead atoms. The quantitative estimate of drug-likeness (QED) is 0.598. The van der Waals surface area contributed by atoms with E-state index in [-0.39, 0.29) is 18.3 Å². The Kier molecular flexibility index (Phi) is 8.33. The van der Waals surface area contributed by atoms with E-state index in [0.717, 1.165) is 53.9 Å². The van der Waals surface area contributed by atoms with Gasteiger partial charge in [0, 0.05) is 10.6 Å². The summed E-state index contributed by atoms with van der Waals surface area (Å²) in [5.41, 5.74) is 2.52. The van der Waals surface area contributed by atoms with Crippen molar-refractivity contribution in [3.63, 3.8) is 0 Å². The number of thiophene rings is 1. The lowest BCUT2D eigenvalue weighted by Crippen LogP contribution is -2.32. The van der Waals surface area contributed by atoms with Crippen molar-refractivity contribution in [2.45, 2.75) is 44.8 Å². The number of hydrogen-bond acceptors (Lipinski definition) is 6. The van der Waals surface area contributed by atoms with E-state index in [0.29, 0.717) is 10.6 Å². The Bertz CT molecular complexity index is 896. The first-order valence-corrected chi connectivity index (χ1v) is 12.1. The van der Waals surface area contributed by atoms with Gasteiger partial charge in [-0.25, -0.2) is 4.79 Å². The summed E-state index contributed by atoms with van der Waals surface area (Å²) in [6.45, 7) is 1.86. The average molecular weight is 447 g/mol. The molecular formula is C22H26N2O4S2. The number of carbonyl (C=O) groups is 3. The zero-order chi connectivity index (χ0) is 21.3. The molecular weight excluding hydrogens is 420 g/mol. The molecule has 2 aromatic rings. The fraction of sp³-hybridized carbons (Fsp3) is 0.409. The topological polar surface area (TPSA) is 84.5 Å². The molecule has 0 spiro atoms. The third-order valence-corrected chi connectivity index (χ3v) is 6.95. The molecule has 0 aliphatic heterocycles. The number of hydrogen-bond donors (Lipinski definition) is 2. The SMILES string of the molecule is CCOC(=O)NC(=O)c1c(NC(=O)CSCc2ccccc2)sc2c1CCCCC2. The standard InChI is InChI=1S/C22H26N2O4S2/c1-2-28-22(27)24-20(26)19-16-11-7-4-8-12-17(16)30-21(19)23-18(25)14-29-13-15-9-5-3-6-10-15/h3,5-6,9-10H,2,4,7-8,11-14H2,1H3,(H,23,25)(H,24,26,27). The number of thioether (sulfide) groups is 1. The molecule has 0 saturated heterocycles.